The van der Waals surface area contributed by atoms with Crippen LogP contribution in [0.3, 0.4) is 0 Å². The summed E-state index contributed by atoms with van der Waals surface area (Å²) in [6.45, 7) is -1.34. The minimum atomic E-state index is -5.44. The van der Waals surface area contributed by atoms with E-state index in [-0.39, 0.29) is 12.0 Å². The average Bonchev–Trinajstić information content (AvgIpc) is 2.88. The molecule has 1 aliphatic heterocycles. The first-order valence-corrected chi connectivity index (χ1v) is 13.5. The van der Waals surface area contributed by atoms with E-state index in [9.17, 15) is 28.5 Å². The number of hydrogen-bond donors (Lipinski definition) is 5. The van der Waals surface area contributed by atoms with E-state index in [4.69, 9.17) is 19.0 Å². The van der Waals surface area contributed by atoms with Crippen molar-refractivity contribution < 1.29 is 46.6 Å². The molecule has 14 nitrogen and oxygen atoms in total. The molecule has 1 fully saturated rings. The SMILES string of the molecule is CC[C@H]1O[C@@H](n2cc(C)c(=O)[nH]c2=O)C[C@@H]1O[P@](O)(=S)OP(=O)(O)OP(=O)(O)O. The van der Waals surface area contributed by atoms with Gasteiger partial charge < -0.3 is 28.8 Å². The number of ether oxygens (including phenoxy) is 1. The summed E-state index contributed by atoms with van der Waals surface area (Å²) in [6.07, 6.45) is -1.09. The van der Waals surface area contributed by atoms with Crippen molar-refractivity contribution in [2.75, 3.05) is 0 Å². The number of aryl methyl sites for hydroxylation is 1. The number of nitrogens with zero attached hydrogens (tertiary/aromatic N) is 1. The summed E-state index contributed by atoms with van der Waals surface area (Å²) in [5, 5.41) is 0. The van der Waals surface area contributed by atoms with Crippen LogP contribution in [0.15, 0.2) is 15.8 Å². The Bertz CT molecular complexity index is 1020. The van der Waals surface area contributed by atoms with Crippen LogP contribution in [0.5, 0.6) is 0 Å². The van der Waals surface area contributed by atoms with Crippen molar-refractivity contribution in [2.24, 2.45) is 0 Å². The number of hydrogen-bond acceptors (Lipinski definition) is 9. The molecule has 5 atom stereocenters. The lowest BCUT2D eigenvalue weighted by molar-refractivity contribution is -0.0195. The minimum Gasteiger partial charge on any atom is -0.352 e. The van der Waals surface area contributed by atoms with Crippen LogP contribution < -0.4 is 11.2 Å². The monoisotopic (exact) mass is 496 g/mol. The molecule has 18 heteroatoms. The van der Waals surface area contributed by atoms with Gasteiger partial charge in [0.1, 0.15) is 6.23 Å². The zero-order chi connectivity index (χ0) is 22.2. The Labute approximate surface area is 168 Å². The fourth-order valence-corrected chi connectivity index (χ4v) is 6.93. The van der Waals surface area contributed by atoms with Gasteiger partial charge in [0.2, 0.25) is 0 Å². The summed E-state index contributed by atoms with van der Waals surface area (Å²) < 4.78 is 42.1. The Balaban J connectivity index is 2.18. The Morgan fingerprint density at radius 3 is 2.45 bits per heavy atom. The summed E-state index contributed by atoms with van der Waals surface area (Å²) in [4.78, 5) is 62.2. The second-order valence-corrected chi connectivity index (χ2v) is 11.7. The summed E-state index contributed by atoms with van der Waals surface area (Å²) in [6, 6.07) is 0. The van der Waals surface area contributed by atoms with Gasteiger partial charge in [0.15, 0.2) is 0 Å². The molecule has 2 heterocycles. The molecular weight excluding hydrogens is 477 g/mol. The first-order chi connectivity index (χ1) is 13.1. The van der Waals surface area contributed by atoms with E-state index in [1.165, 1.54) is 13.1 Å². The molecule has 0 saturated carbocycles. The molecule has 1 unspecified atom stereocenters. The van der Waals surface area contributed by atoms with Crippen LogP contribution in [0.2, 0.25) is 0 Å². The first-order valence-electron chi connectivity index (χ1n) is 7.92. The number of rotatable bonds is 8. The van der Waals surface area contributed by atoms with Gasteiger partial charge in [0.05, 0.1) is 12.2 Å². The molecule has 5 N–H and O–H groups in total. The van der Waals surface area contributed by atoms with Crippen molar-refractivity contribution >= 4 is 34.2 Å². The van der Waals surface area contributed by atoms with E-state index in [0.29, 0.717) is 6.42 Å². The fraction of sp³-hybridized carbons (Fsp3) is 0.636. The molecule has 29 heavy (non-hydrogen) atoms. The molecular formula is C11H19N2O12P3S. The number of aromatic nitrogens is 2. The van der Waals surface area contributed by atoms with Gasteiger partial charge in [-0.15, -0.1) is 0 Å². The van der Waals surface area contributed by atoms with Gasteiger partial charge in [-0.25, -0.2) is 18.2 Å². The molecule has 166 valence electrons. The lowest BCUT2D eigenvalue weighted by Crippen LogP contribution is -2.33. The van der Waals surface area contributed by atoms with E-state index >= 15 is 0 Å². The third-order valence-electron chi connectivity index (χ3n) is 3.72. The van der Waals surface area contributed by atoms with Crippen LogP contribution in [0, 0.1) is 6.92 Å². The molecule has 1 aliphatic rings. The Morgan fingerprint density at radius 2 is 1.90 bits per heavy atom. The molecule has 1 aromatic heterocycles. The molecule has 1 saturated heterocycles. The minimum absolute atomic E-state index is 0.0543. The maximum Gasteiger partial charge on any atom is 0.488 e. The van der Waals surface area contributed by atoms with Crippen LogP contribution in [0.25, 0.3) is 0 Å². The maximum absolute atomic E-state index is 12.0. The number of aromatic amines is 1. The highest BCUT2D eigenvalue weighted by Crippen LogP contribution is 2.67. The molecule has 0 radical (unpaired) electrons. The average molecular weight is 496 g/mol. The van der Waals surface area contributed by atoms with Gasteiger partial charge in [0.25, 0.3) is 5.56 Å². The highest BCUT2D eigenvalue weighted by Gasteiger charge is 2.43. The fourth-order valence-electron chi connectivity index (χ4n) is 2.61. The lowest BCUT2D eigenvalue weighted by atomic mass is 10.1. The molecule has 2 rings (SSSR count). The molecule has 0 bridgehead atoms. The standard InChI is InChI=1S/C11H19N2O12P3S/c1-3-7-8(23-28(21,29)25-27(19,20)24-26(16,17)18)4-9(22-7)13-5-6(2)10(14)12-11(13)15/h5,7-9H,3-4H2,1-2H3,(H,19,20)(H,21,29)(H,12,14,15)(H2,16,17,18)/t7-,8+,9-,28+/m1/s1. The Kier molecular flexibility index (Phi) is 7.60. The van der Waals surface area contributed by atoms with Gasteiger partial charge in [-0.2, -0.15) is 4.31 Å². The highest BCUT2D eigenvalue weighted by atomic mass is 32.5. The Morgan fingerprint density at radius 1 is 1.28 bits per heavy atom. The Hall–Kier alpha value is -0.530. The summed E-state index contributed by atoms with van der Waals surface area (Å²) in [5.41, 5.74) is -1.06. The zero-order valence-corrected chi connectivity index (χ0v) is 18.5. The number of phosphoric acid groups is 2. The molecule has 0 aliphatic carbocycles. The van der Waals surface area contributed by atoms with Gasteiger partial charge in [-0.3, -0.25) is 14.3 Å². The maximum atomic E-state index is 12.0. The van der Waals surface area contributed by atoms with Crippen LogP contribution in [0.1, 0.15) is 31.6 Å². The van der Waals surface area contributed by atoms with Crippen molar-refractivity contribution in [1.29, 1.82) is 0 Å². The van der Waals surface area contributed by atoms with Crippen LogP contribution in [0.4, 0.5) is 0 Å². The van der Waals surface area contributed by atoms with Crippen molar-refractivity contribution in [1.82, 2.24) is 9.55 Å². The van der Waals surface area contributed by atoms with Crippen molar-refractivity contribution in [2.45, 2.75) is 45.1 Å². The largest absolute Gasteiger partial charge is 0.488 e. The van der Waals surface area contributed by atoms with Crippen molar-refractivity contribution in [3.63, 3.8) is 0 Å². The number of H-pyrrole nitrogens is 1. The predicted molar refractivity (Wildman–Crippen MR) is 100 cm³/mol. The van der Waals surface area contributed by atoms with E-state index < -0.39 is 52.0 Å². The van der Waals surface area contributed by atoms with Crippen molar-refractivity contribution in [3.05, 3.63) is 32.6 Å². The molecule has 0 spiro atoms. The van der Waals surface area contributed by atoms with Crippen LogP contribution in [-0.4, -0.2) is 41.3 Å². The van der Waals surface area contributed by atoms with Crippen LogP contribution in [-0.2, 0) is 38.8 Å². The summed E-state index contributed by atoms with van der Waals surface area (Å²) >= 11 is 4.62. The summed E-state index contributed by atoms with van der Waals surface area (Å²) in [5.74, 6) is 0. The van der Waals surface area contributed by atoms with Crippen molar-refractivity contribution in [3.8, 4) is 0 Å². The zero-order valence-electron chi connectivity index (χ0n) is 15.0. The highest BCUT2D eigenvalue weighted by molar-refractivity contribution is 8.08. The second-order valence-electron chi connectivity index (χ2n) is 5.99. The van der Waals surface area contributed by atoms with Gasteiger partial charge in [-0.05, 0) is 25.2 Å². The second kappa shape index (κ2) is 8.91. The van der Waals surface area contributed by atoms with E-state index in [0.717, 1.165) is 4.57 Å². The lowest BCUT2D eigenvalue weighted by Gasteiger charge is -2.24. The smallest absolute Gasteiger partial charge is 0.352 e. The van der Waals surface area contributed by atoms with E-state index in [1.54, 1.807) is 6.92 Å². The van der Waals surface area contributed by atoms with Crippen LogP contribution >= 0.6 is 22.4 Å². The normalized spacial score (nSPS) is 26.8. The van der Waals surface area contributed by atoms with Gasteiger partial charge in [-0.1, -0.05) is 6.92 Å². The third kappa shape index (κ3) is 7.00. The van der Waals surface area contributed by atoms with Gasteiger partial charge >= 0.3 is 28.1 Å². The van der Waals surface area contributed by atoms with E-state index in [1.807, 2.05) is 0 Å². The first kappa shape index (κ1) is 24.7. The molecule has 0 aromatic carbocycles. The quantitative estimate of drug-likeness (QED) is 0.309. The number of nitrogens with one attached hydrogen (secondary N) is 1. The third-order valence-corrected chi connectivity index (χ3v) is 8.45. The summed E-state index contributed by atoms with van der Waals surface area (Å²) in [7, 11) is -10.9. The predicted octanol–water partition coefficient (Wildman–Crippen LogP) is 0.371. The van der Waals surface area contributed by atoms with E-state index in [2.05, 4.69) is 25.4 Å². The molecule has 0 amide bonds. The van der Waals surface area contributed by atoms with Gasteiger partial charge in [0, 0.05) is 18.2 Å². The topological polar surface area (TPSA) is 207 Å². The molecule has 1 aromatic rings.